The Kier molecular flexibility index (Phi) is 4.87. The molecule has 0 spiro atoms. The Labute approximate surface area is 123 Å². The van der Waals surface area contributed by atoms with Gasteiger partial charge in [-0.15, -0.1) is 11.3 Å². The van der Waals surface area contributed by atoms with E-state index in [2.05, 4.69) is 10.3 Å². The predicted octanol–water partition coefficient (Wildman–Crippen LogP) is 2.87. The number of likely N-dealkylation sites (N-methyl/N-ethyl adjacent to an activating group) is 1. The summed E-state index contributed by atoms with van der Waals surface area (Å²) in [6.45, 7) is 2.42. The van der Waals surface area contributed by atoms with Crippen LogP contribution in [0, 0.1) is 6.92 Å². The summed E-state index contributed by atoms with van der Waals surface area (Å²) in [5, 5.41) is 4.10. The number of nitrogens with zero attached hydrogens (tertiary/aromatic N) is 2. The fourth-order valence-electron chi connectivity index (χ4n) is 1.88. The average molecular weight is 289 g/mol. The first kappa shape index (κ1) is 14.7. The summed E-state index contributed by atoms with van der Waals surface area (Å²) in [7, 11) is 3.81. The minimum Gasteiger partial charge on any atom is -0.332 e. The molecule has 0 saturated carbocycles. The van der Waals surface area contributed by atoms with E-state index in [1.54, 1.807) is 11.3 Å². The molecular formula is C15H19N3OS. The van der Waals surface area contributed by atoms with Gasteiger partial charge in [0, 0.05) is 17.0 Å². The molecule has 0 aliphatic heterocycles. The van der Waals surface area contributed by atoms with Crippen LogP contribution in [-0.4, -0.2) is 36.3 Å². The first-order chi connectivity index (χ1) is 9.54. The molecule has 2 aromatic rings. The second-order valence-electron chi connectivity index (χ2n) is 4.97. The zero-order chi connectivity index (χ0) is 14.5. The summed E-state index contributed by atoms with van der Waals surface area (Å²) >= 11 is 1.55. The van der Waals surface area contributed by atoms with Crippen LogP contribution in [0.3, 0.4) is 0 Å². The monoisotopic (exact) mass is 289 g/mol. The number of benzene rings is 1. The number of ketones is 1. The van der Waals surface area contributed by atoms with Crippen LogP contribution < -0.4 is 5.32 Å². The van der Waals surface area contributed by atoms with Gasteiger partial charge in [0.15, 0.2) is 10.9 Å². The van der Waals surface area contributed by atoms with E-state index in [-0.39, 0.29) is 5.78 Å². The molecular weight excluding hydrogens is 270 g/mol. The molecule has 0 bridgehead atoms. The van der Waals surface area contributed by atoms with Gasteiger partial charge in [0.05, 0.1) is 12.2 Å². The van der Waals surface area contributed by atoms with Crippen LogP contribution in [0.5, 0.6) is 0 Å². The smallest absolute Gasteiger partial charge is 0.187 e. The number of carbonyl (C=O) groups excluding carboxylic acids is 1. The van der Waals surface area contributed by atoms with Gasteiger partial charge in [-0.05, 0) is 33.2 Å². The second-order valence-corrected chi connectivity index (χ2v) is 6.06. The van der Waals surface area contributed by atoms with Gasteiger partial charge in [0.25, 0.3) is 0 Å². The van der Waals surface area contributed by atoms with Gasteiger partial charge < -0.3 is 10.2 Å². The lowest BCUT2D eigenvalue weighted by atomic mass is 10.2. The first-order valence-corrected chi connectivity index (χ1v) is 7.31. The molecule has 5 heteroatoms. The van der Waals surface area contributed by atoms with Crippen LogP contribution >= 0.6 is 11.3 Å². The Hall–Kier alpha value is -1.72. The van der Waals surface area contributed by atoms with E-state index in [9.17, 15) is 4.79 Å². The number of para-hydroxylation sites is 1. The van der Waals surface area contributed by atoms with Crippen LogP contribution in [-0.2, 0) is 11.2 Å². The number of anilines is 2. The number of hydrogen-bond acceptors (Lipinski definition) is 5. The highest BCUT2D eigenvalue weighted by Gasteiger charge is 2.12. The van der Waals surface area contributed by atoms with Gasteiger partial charge in [-0.3, -0.25) is 4.79 Å². The third-order valence-electron chi connectivity index (χ3n) is 2.77. The van der Waals surface area contributed by atoms with Crippen LogP contribution in [0.4, 0.5) is 10.8 Å². The third-order valence-corrected chi connectivity index (χ3v) is 3.84. The van der Waals surface area contributed by atoms with Crippen LogP contribution in [0.2, 0.25) is 0 Å². The van der Waals surface area contributed by atoms with Crippen molar-refractivity contribution in [1.29, 1.82) is 0 Å². The standard InChI is InChI=1S/C15H19N3OS/c1-11-14(9-13(19)10-18(2)3)20-15(16-11)17-12-7-5-4-6-8-12/h4-8H,9-10H2,1-3H3,(H,16,17). The van der Waals surface area contributed by atoms with Crippen molar-refractivity contribution < 1.29 is 4.79 Å². The Morgan fingerprint density at radius 1 is 1.30 bits per heavy atom. The number of nitrogens with one attached hydrogen (secondary N) is 1. The topological polar surface area (TPSA) is 45.2 Å². The zero-order valence-corrected chi connectivity index (χ0v) is 12.8. The predicted molar refractivity (Wildman–Crippen MR) is 83.8 cm³/mol. The van der Waals surface area contributed by atoms with Crippen molar-refractivity contribution in [1.82, 2.24) is 9.88 Å². The lowest BCUT2D eigenvalue weighted by Crippen LogP contribution is -2.22. The summed E-state index contributed by atoms with van der Waals surface area (Å²) in [5.74, 6) is 0.216. The average Bonchev–Trinajstić information content (AvgIpc) is 2.69. The molecule has 0 unspecified atom stereocenters. The molecule has 4 nitrogen and oxygen atoms in total. The van der Waals surface area contributed by atoms with E-state index in [0.29, 0.717) is 13.0 Å². The summed E-state index contributed by atoms with van der Waals surface area (Å²) in [6.07, 6.45) is 0.456. The maximum absolute atomic E-state index is 11.9. The molecule has 0 atom stereocenters. The summed E-state index contributed by atoms with van der Waals surface area (Å²) in [4.78, 5) is 19.3. The number of Topliss-reactive ketones (excluding diaryl/α,β-unsaturated/α-hetero) is 1. The van der Waals surface area contributed by atoms with E-state index in [1.807, 2.05) is 56.3 Å². The Morgan fingerprint density at radius 2 is 2.00 bits per heavy atom. The number of carbonyl (C=O) groups is 1. The zero-order valence-electron chi connectivity index (χ0n) is 12.0. The van der Waals surface area contributed by atoms with Crippen molar-refractivity contribution in [3.63, 3.8) is 0 Å². The van der Waals surface area contributed by atoms with Gasteiger partial charge in [-0.25, -0.2) is 4.98 Å². The van der Waals surface area contributed by atoms with Gasteiger partial charge in [-0.1, -0.05) is 18.2 Å². The van der Waals surface area contributed by atoms with Gasteiger partial charge >= 0.3 is 0 Å². The molecule has 1 aromatic heterocycles. The molecule has 0 radical (unpaired) electrons. The van der Waals surface area contributed by atoms with Gasteiger partial charge in [0.1, 0.15) is 0 Å². The van der Waals surface area contributed by atoms with Crippen LogP contribution in [0.25, 0.3) is 0 Å². The summed E-state index contributed by atoms with van der Waals surface area (Å²) in [6, 6.07) is 9.92. The number of thiazole rings is 1. The maximum Gasteiger partial charge on any atom is 0.187 e. The molecule has 0 fully saturated rings. The van der Waals surface area contributed by atoms with Crippen molar-refractivity contribution in [2.75, 3.05) is 26.0 Å². The van der Waals surface area contributed by atoms with Crippen LogP contribution in [0.1, 0.15) is 10.6 Å². The normalized spacial score (nSPS) is 10.8. The van der Waals surface area contributed by atoms with Crippen molar-refractivity contribution in [2.24, 2.45) is 0 Å². The molecule has 0 amide bonds. The molecule has 0 aliphatic carbocycles. The fraction of sp³-hybridized carbons (Fsp3) is 0.333. The molecule has 1 heterocycles. The van der Waals surface area contributed by atoms with Crippen molar-refractivity contribution in [3.8, 4) is 0 Å². The molecule has 106 valence electrons. The third kappa shape index (κ3) is 4.15. The lowest BCUT2D eigenvalue weighted by Gasteiger charge is -2.07. The summed E-state index contributed by atoms with van der Waals surface area (Å²) in [5.41, 5.74) is 1.94. The van der Waals surface area contributed by atoms with Gasteiger partial charge in [-0.2, -0.15) is 0 Å². The van der Waals surface area contributed by atoms with E-state index in [4.69, 9.17) is 0 Å². The van der Waals surface area contributed by atoms with Gasteiger partial charge in [0.2, 0.25) is 0 Å². The highest BCUT2D eigenvalue weighted by molar-refractivity contribution is 7.15. The quantitative estimate of drug-likeness (QED) is 0.888. The van der Waals surface area contributed by atoms with Crippen molar-refractivity contribution in [3.05, 3.63) is 40.9 Å². The largest absolute Gasteiger partial charge is 0.332 e. The minimum absolute atomic E-state index is 0.216. The Bertz CT molecular complexity index is 578. The molecule has 1 N–H and O–H groups in total. The van der Waals surface area contributed by atoms with E-state index >= 15 is 0 Å². The Balaban J connectivity index is 2.04. The highest BCUT2D eigenvalue weighted by atomic mass is 32.1. The molecule has 1 aromatic carbocycles. The molecule has 20 heavy (non-hydrogen) atoms. The Morgan fingerprint density at radius 3 is 2.65 bits per heavy atom. The van der Waals surface area contributed by atoms with Crippen molar-refractivity contribution >= 4 is 27.9 Å². The van der Waals surface area contributed by atoms with E-state index < -0.39 is 0 Å². The molecule has 2 rings (SSSR count). The SMILES string of the molecule is Cc1nc(Nc2ccccc2)sc1CC(=O)CN(C)C. The number of hydrogen-bond donors (Lipinski definition) is 1. The van der Waals surface area contributed by atoms with E-state index in [1.165, 1.54) is 0 Å². The number of aryl methyl sites for hydroxylation is 1. The van der Waals surface area contributed by atoms with E-state index in [0.717, 1.165) is 21.4 Å². The number of aromatic nitrogens is 1. The van der Waals surface area contributed by atoms with Crippen LogP contribution in [0.15, 0.2) is 30.3 Å². The lowest BCUT2D eigenvalue weighted by molar-refractivity contribution is -0.118. The fourth-order valence-corrected chi connectivity index (χ4v) is 2.89. The maximum atomic E-state index is 11.9. The van der Waals surface area contributed by atoms with Crippen molar-refractivity contribution in [2.45, 2.75) is 13.3 Å². The molecule has 0 saturated heterocycles. The molecule has 0 aliphatic rings. The number of rotatable bonds is 6. The second kappa shape index (κ2) is 6.63. The minimum atomic E-state index is 0.216. The first-order valence-electron chi connectivity index (χ1n) is 6.49. The summed E-state index contributed by atoms with van der Waals surface area (Å²) < 4.78 is 0. The highest BCUT2D eigenvalue weighted by Crippen LogP contribution is 2.26.